The number of hydrogen-bond donors (Lipinski definition) is 1. The second kappa shape index (κ2) is 7.11. The van der Waals surface area contributed by atoms with Gasteiger partial charge in [-0.3, -0.25) is 0 Å². The molecule has 0 fully saturated rings. The molecule has 0 saturated carbocycles. The summed E-state index contributed by atoms with van der Waals surface area (Å²) in [6, 6.07) is 8.21. The second-order valence-electron chi connectivity index (χ2n) is 5.79. The molecule has 20 heavy (non-hydrogen) atoms. The number of halogens is 1. The first-order valence-corrected chi connectivity index (χ1v) is 7.69. The van der Waals surface area contributed by atoms with Crippen molar-refractivity contribution in [2.45, 2.75) is 46.3 Å². The van der Waals surface area contributed by atoms with E-state index >= 15 is 0 Å². The molecule has 1 N–H and O–H groups in total. The van der Waals surface area contributed by atoms with Gasteiger partial charge in [-0.05, 0) is 80.5 Å². The monoisotopic (exact) mass is 387 g/mol. The Balaban J connectivity index is 2.64. The number of carbonyl (C=O) groups excluding carboxylic acids is 1. The molecule has 4 heteroatoms. The lowest BCUT2D eigenvalue weighted by molar-refractivity contribution is 0.0518. The third-order valence-electron chi connectivity index (χ3n) is 2.54. The Hall–Kier alpha value is -1.04. The molecule has 0 aliphatic carbocycles. The Morgan fingerprint density at radius 1 is 1.30 bits per heavy atom. The molecule has 110 valence electrons. The highest BCUT2D eigenvalue weighted by Crippen LogP contribution is 2.16. The number of hydrogen-bond acceptors (Lipinski definition) is 2. The van der Waals surface area contributed by atoms with Crippen molar-refractivity contribution in [3.05, 3.63) is 39.5 Å². The quantitative estimate of drug-likeness (QED) is 0.770. The highest BCUT2D eigenvalue weighted by molar-refractivity contribution is 14.1. The third-order valence-corrected chi connectivity index (χ3v) is 3.26. The van der Waals surface area contributed by atoms with Gasteiger partial charge in [0.2, 0.25) is 0 Å². The van der Waals surface area contributed by atoms with Crippen molar-refractivity contribution in [3.63, 3.8) is 0 Å². The number of amides is 1. The number of ether oxygens (including phenoxy) is 1. The summed E-state index contributed by atoms with van der Waals surface area (Å²) >= 11 is 2.28. The maximum Gasteiger partial charge on any atom is 0.408 e. The number of benzene rings is 1. The summed E-state index contributed by atoms with van der Waals surface area (Å²) in [5, 5.41) is 2.81. The molecule has 3 nitrogen and oxygen atoms in total. The van der Waals surface area contributed by atoms with Crippen molar-refractivity contribution in [3.8, 4) is 0 Å². The summed E-state index contributed by atoms with van der Waals surface area (Å²) in [6.45, 7) is 9.52. The predicted molar refractivity (Wildman–Crippen MR) is 91.6 cm³/mol. The van der Waals surface area contributed by atoms with E-state index in [4.69, 9.17) is 4.74 Å². The summed E-state index contributed by atoms with van der Waals surface area (Å²) in [5.74, 6) is 0. The van der Waals surface area contributed by atoms with Crippen LogP contribution in [0.2, 0.25) is 0 Å². The zero-order chi connectivity index (χ0) is 15.3. The summed E-state index contributed by atoms with van der Waals surface area (Å²) in [7, 11) is 0. The van der Waals surface area contributed by atoms with Crippen LogP contribution in [-0.4, -0.2) is 17.7 Å². The van der Waals surface area contributed by atoms with Gasteiger partial charge in [0.15, 0.2) is 0 Å². The Morgan fingerprint density at radius 2 is 1.85 bits per heavy atom. The van der Waals surface area contributed by atoms with E-state index in [1.54, 1.807) is 0 Å². The van der Waals surface area contributed by atoms with Crippen molar-refractivity contribution in [2.24, 2.45) is 0 Å². The van der Waals surface area contributed by atoms with Crippen molar-refractivity contribution in [1.29, 1.82) is 0 Å². The smallest absolute Gasteiger partial charge is 0.408 e. The Labute approximate surface area is 134 Å². The van der Waals surface area contributed by atoms with Crippen molar-refractivity contribution in [2.75, 3.05) is 0 Å². The van der Waals surface area contributed by atoms with E-state index in [2.05, 4.69) is 52.2 Å². The van der Waals surface area contributed by atoms with Crippen molar-refractivity contribution >= 4 is 34.3 Å². The Bertz CT molecular complexity index is 486. The number of nitrogens with one attached hydrogen (secondary N) is 1. The largest absolute Gasteiger partial charge is 0.444 e. The molecule has 0 aliphatic heterocycles. The van der Waals surface area contributed by atoms with Crippen LogP contribution >= 0.6 is 22.6 Å². The fourth-order valence-electron chi connectivity index (χ4n) is 1.72. The lowest BCUT2D eigenvalue weighted by Crippen LogP contribution is -2.36. The summed E-state index contributed by atoms with van der Waals surface area (Å²) in [5.41, 5.74) is 1.81. The minimum atomic E-state index is -0.474. The average molecular weight is 387 g/mol. The fraction of sp³-hybridized carbons (Fsp3) is 0.438. The molecule has 0 unspecified atom stereocenters. The zero-order valence-corrected chi connectivity index (χ0v) is 14.8. The molecule has 0 aromatic heterocycles. The molecular formula is C16H22INO2. The molecule has 0 bridgehead atoms. The van der Waals surface area contributed by atoms with Crippen molar-refractivity contribution < 1.29 is 9.53 Å². The summed E-state index contributed by atoms with van der Waals surface area (Å²) in [6.07, 6.45) is 1.63. The number of carbonyl (C=O) groups is 1. The molecular weight excluding hydrogens is 365 g/mol. The fourth-order valence-corrected chi connectivity index (χ4v) is 2.08. The van der Waals surface area contributed by atoms with Crippen LogP contribution in [0.15, 0.2) is 30.3 Å². The van der Waals surface area contributed by atoms with Crippen LogP contribution in [0.4, 0.5) is 4.79 Å². The van der Waals surface area contributed by atoms with Crippen LogP contribution in [0, 0.1) is 3.57 Å². The van der Waals surface area contributed by atoms with Gasteiger partial charge in [-0.2, -0.15) is 0 Å². The van der Waals surface area contributed by atoms with Gasteiger partial charge in [0.1, 0.15) is 5.60 Å². The minimum Gasteiger partial charge on any atom is -0.444 e. The van der Waals surface area contributed by atoms with Gasteiger partial charge < -0.3 is 10.1 Å². The SMILES string of the molecule is CC(=C[C@H](C)NC(=O)OC(C)(C)C)c1ccc(I)cc1. The minimum absolute atomic E-state index is 0.0795. The summed E-state index contributed by atoms with van der Waals surface area (Å²) < 4.78 is 6.44. The maximum atomic E-state index is 11.7. The van der Waals surface area contributed by atoms with Gasteiger partial charge in [0, 0.05) is 9.61 Å². The van der Waals surface area contributed by atoms with E-state index in [1.807, 2.05) is 40.7 Å². The maximum absolute atomic E-state index is 11.7. The van der Waals surface area contributed by atoms with Crippen molar-refractivity contribution in [1.82, 2.24) is 5.32 Å². The first kappa shape index (κ1) is 17.0. The number of alkyl carbamates (subject to hydrolysis) is 1. The molecule has 0 heterocycles. The third kappa shape index (κ3) is 6.41. The van der Waals surface area contributed by atoms with E-state index < -0.39 is 11.7 Å². The molecule has 1 rings (SSSR count). The molecule has 1 amide bonds. The Kier molecular flexibility index (Phi) is 6.05. The van der Waals surface area contributed by atoms with Gasteiger partial charge in [0.05, 0.1) is 0 Å². The normalized spacial score (nSPS) is 13.8. The van der Waals surface area contributed by atoms with E-state index in [0.29, 0.717) is 0 Å². The van der Waals surface area contributed by atoms with E-state index in [1.165, 1.54) is 3.57 Å². The second-order valence-corrected chi connectivity index (χ2v) is 7.04. The van der Waals surface area contributed by atoms with Crippen LogP contribution in [0.3, 0.4) is 0 Å². The molecule has 1 aromatic carbocycles. The first-order chi connectivity index (χ1) is 9.17. The average Bonchev–Trinajstić information content (AvgIpc) is 2.26. The molecule has 0 saturated heterocycles. The topological polar surface area (TPSA) is 38.3 Å². The van der Waals surface area contributed by atoms with Gasteiger partial charge >= 0.3 is 6.09 Å². The predicted octanol–water partition coefficient (Wildman–Crippen LogP) is 4.61. The molecule has 1 aromatic rings. The lowest BCUT2D eigenvalue weighted by atomic mass is 10.1. The summed E-state index contributed by atoms with van der Waals surface area (Å²) in [4.78, 5) is 11.7. The van der Waals surface area contributed by atoms with Gasteiger partial charge in [-0.25, -0.2) is 4.79 Å². The lowest BCUT2D eigenvalue weighted by Gasteiger charge is -2.21. The van der Waals surface area contributed by atoms with Crippen LogP contribution in [0.5, 0.6) is 0 Å². The highest BCUT2D eigenvalue weighted by Gasteiger charge is 2.16. The van der Waals surface area contributed by atoms with Gasteiger partial charge in [-0.15, -0.1) is 0 Å². The van der Waals surface area contributed by atoms with Crippen LogP contribution in [0.1, 0.15) is 40.2 Å². The first-order valence-electron chi connectivity index (χ1n) is 6.61. The van der Waals surface area contributed by atoms with Gasteiger partial charge in [0.25, 0.3) is 0 Å². The van der Waals surface area contributed by atoms with E-state index in [9.17, 15) is 4.79 Å². The van der Waals surface area contributed by atoms with Crippen LogP contribution in [0.25, 0.3) is 5.57 Å². The Morgan fingerprint density at radius 3 is 2.35 bits per heavy atom. The van der Waals surface area contributed by atoms with Crippen LogP contribution < -0.4 is 5.32 Å². The highest BCUT2D eigenvalue weighted by atomic mass is 127. The number of allylic oxidation sites excluding steroid dienone is 1. The molecule has 0 aliphatic rings. The van der Waals surface area contributed by atoms with E-state index in [0.717, 1.165) is 11.1 Å². The zero-order valence-electron chi connectivity index (χ0n) is 12.7. The van der Waals surface area contributed by atoms with Gasteiger partial charge in [-0.1, -0.05) is 18.2 Å². The number of rotatable bonds is 3. The standard InChI is InChI=1S/C16H22INO2/c1-11(13-6-8-14(17)9-7-13)10-12(2)18-15(19)20-16(3,4)5/h6-10,12H,1-5H3,(H,18,19)/t12-/m0/s1. The molecule has 0 radical (unpaired) electrons. The molecule has 0 spiro atoms. The molecule has 1 atom stereocenters. The van der Waals surface area contributed by atoms with Crippen LogP contribution in [-0.2, 0) is 4.74 Å². The van der Waals surface area contributed by atoms with E-state index in [-0.39, 0.29) is 6.04 Å².